The van der Waals surface area contributed by atoms with Crippen LogP contribution in [0.15, 0.2) is 65.6 Å². The van der Waals surface area contributed by atoms with E-state index in [1.165, 1.54) is 18.2 Å². The Morgan fingerprint density at radius 1 is 0.968 bits per heavy atom. The van der Waals surface area contributed by atoms with Crippen LogP contribution < -0.4 is 14.8 Å². The molecule has 3 aromatic carbocycles. The van der Waals surface area contributed by atoms with Crippen molar-refractivity contribution in [1.29, 1.82) is 0 Å². The number of benzene rings is 3. The van der Waals surface area contributed by atoms with E-state index in [4.69, 9.17) is 16.3 Å². The number of carbonyl (C=O) groups excluding carboxylic acids is 1. The molecule has 0 aliphatic rings. The van der Waals surface area contributed by atoms with Crippen molar-refractivity contribution in [1.82, 2.24) is 5.32 Å². The van der Waals surface area contributed by atoms with Crippen molar-refractivity contribution < 1.29 is 17.9 Å². The zero-order chi connectivity index (χ0) is 22.6. The molecule has 3 aromatic rings. The fourth-order valence-corrected chi connectivity index (χ4v) is 4.47. The second kappa shape index (κ2) is 9.41. The Kier molecular flexibility index (Phi) is 6.87. The molecule has 0 aliphatic heterocycles. The molecule has 0 spiro atoms. The van der Waals surface area contributed by atoms with Crippen molar-refractivity contribution in [2.75, 3.05) is 11.8 Å². The van der Waals surface area contributed by atoms with Crippen molar-refractivity contribution in [3.63, 3.8) is 0 Å². The molecule has 0 aliphatic carbocycles. The molecule has 162 valence electrons. The molecule has 31 heavy (non-hydrogen) atoms. The average molecular weight is 459 g/mol. The van der Waals surface area contributed by atoms with Gasteiger partial charge < -0.3 is 10.1 Å². The molecule has 0 atom stereocenters. The van der Waals surface area contributed by atoms with Gasteiger partial charge >= 0.3 is 0 Å². The smallest absolute Gasteiger partial charge is 0.263 e. The van der Waals surface area contributed by atoms with E-state index >= 15 is 0 Å². The number of rotatable bonds is 7. The number of ether oxygens (including phenoxy) is 1. The Bertz CT molecular complexity index is 1210. The van der Waals surface area contributed by atoms with E-state index in [1.54, 1.807) is 31.4 Å². The first-order valence-electron chi connectivity index (χ1n) is 9.50. The Labute approximate surface area is 187 Å². The normalized spacial score (nSPS) is 11.1. The van der Waals surface area contributed by atoms with Crippen LogP contribution in [0.3, 0.4) is 0 Å². The number of methoxy groups -OCH3 is 1. The van der Waals surface area contributed by atoms with E-state index in [0.29, 0.717) is 5.69 Å². The highest BCUT2D eigenvalue weighted by Gasteiger charge is 2.20. The lowest BCUT2D eigenvalue weighted by Gasteiger charge is -2.12. The topological polar surface area (TPSA) is 84.5 Å². The fourth-order valence-electron chi connectivity index (χ4n) is 2.89. The van der Waals surface area contributed by atoms with E-state index in [2.05, 4.69) is 10.0 Å². The summed E-state index contributed by atoms with van der Waals surface area (Å²) in [6, 6.07) is 16.7. The first kappa shape index (κ1) is 22.7. The van der Waals surface area contributed by atoms with Crippen LogP contribution in [0.25, 0.3) is 0 Å². The molecule has 0 bridgehead atoms. The molecule has 0 fully saturated rings. The van der Waals surface area contributed by atoms with Gasteiger partial charge in [0, 0.05) is 17.8 Å². The summed E-state index contributed by atoms with van der Waals surface area (Å²) in [5, 5.41) is 2.81. The monoisotopic (exact) mass is 458 g/mol. The highest BCUT2D eigenvalue weighted by molar-refractivity contribution is 7.92. The zero-order valence-electron chi connectivity index (χ0n) is 17.4. The number of hydrogen-bond acceptors (Lipinski definition) is 4. The summed E-state index contributed by atoms with van der Waals surface area (Å²) in [6.07, 6.45) is 0. The first-order valence-corrected chi connectivity index (χ1v) is 11.4. The minimum Gasteiger partial charge on any atom is -0.497 e. The summed E-state index contributed by atoms with van der Waals surface area (Å²) < 4.78 is 33.4. The number of amides is 1. The zero-order valence-corrected chi connectivity index (χ0v) is 19.0. The first-order chi connectivity index (χ1) is 14.7. The standard InChI is InChI=1S/C23H23ClN2O4S/c1-15-4-8-19(12-16(15)2)26-31(28,29)22-13-18(7-11-21(22)24)23(27)25-14-17-5-9-20(30-3)10-6-17/h4-13,26H,14H2,1-3H3,(H,25,27). The molecule has 8 heteroatoms. The number of nitrogens with one attached hydrogen (secondary N) is 2. The van der Waals surface area contributed by atoms with Crippen LogP contribution in [0.4, 0.5) is 5.69 Å². The summed E-state index contributed by atoms with van der Waals surface area (Å²) in [7, 11) is -2.40. The van der Waals surface area contributed by atoms with Crippen molar-refractivity contribution in [3.05, 3.63) is 87.9 Å². The maximum absolute atomic E-state index is 12.9. The van der Waals surface area contributed by atoms with Crippen molar-refractivity contribution in [2.24, 2.45) is 0 Å². The minimum absolute atomic E-state index is 0.0306. The van der Waals surface area contributed by atoms with Crippen LogP contribution in [0, 0.1) is 13.8 Å². The van der Waals surface area contributed by atoms with Gasteiger partial charge in [0.2, 0.25) is 0 Å². The van der Waals surface area contributed by atoms with Crippen molar-refractivity contribution in [2.45, 2.75) is 25.3 Å². The molecule has 0 saturated carbocycles. The highest BCUT2D eigenvalue weighted by atomic mass is 35.5. The molecule has 0 saturated heterocycles. The van der Waals surface area contributed by atoms with Gasteiger partial charge in [0.1, 0.15) is 10.6 Å². The van der Waals surface area contributed by atoms with Crippen LogP contribution in [-0.2, 0) is 16.6 Å². The van der Waals surface area contributed by atoms with Gasteiger partial charge in [-0.05, 0) is 73.0 Å². The Balaban J connectivity index is 1.77. The van der Waals surface area contributed by atoms with Gasteiger partial charge in [-0.2, -0.15) is 0 Å². The van der Waals surface area contributed by atoms with Gasteiger partial charge in [0.15, 0.2) is 0 Å². The number of halogens is 1. The summed E-state index contributed by atoms with van der Waals surface area (Å²) in [4.78, 5) is 12.4. The molecule has 1 amide bonds. The second-order valence-electron chi connectivity index (χ2n) is 7.08. The van der Waals surface area contributed by atoms with Crippen LogP contribution in [-0.4, -0.2) is 21.4 Å². The SMILES string of the molecule is COc1ccc(CNC(=O)c2ccc(Cl)c(S(=O)(=O)Nc3ccc(C)c(C)c3)c2)cc1. The van der Waals surface area contributed by atoms with Crippen LogP contribution >= 0.6 is 11.6 Å². The molecule has 0 radical (unpaired) electrons. The van der Waals surface area contributed by atoms with Gasteiger partial charge in [0.25, 0.3) is 15.9 Å². The van der Waals surface area contributed by atoms with Crippen molar-refractivity contribution >= 4 is 33.2 Å². The van der Waals surface area contributed by atoms with E-state index < -0.39 is 15.9 Å². The lowest BCUT2D eigenvalue weighted by Crippen LogP contribution is -2.23. The lowest BCUT2D eigenvalue weighted by atomic mass is 10.1. The van der Waals surface area contributed by atoms with Crippen molar-refractivity contribution in [3.8, 4) is 5.75 Å². The maximum Gasteiger partial charge on any atom is 0.263 e. The molecule has 0 unspecified atom stereocenters. The fraction of sp³-hybridized carbons (Fsp3) is 0.174. The summed E-state index contributed by atoms with van der Waals surface area (Å²) >= 11 is 6.15. The Hall–Kier alpha value is -3.03. The Morgan fingerprint density at radius 2 is 1.68 bits per heavy atom. The quantitative estimate of drug-likeness (QED) is 0.537. The van der Waals surface area contributed by atoms with Gasteiger partial charge in [-0.1, -0.05) is 29.8 Å². The number of aryl methyl sites for hydroxylation is 2. The van der Waals surface area contributed by atoms with E-state index in [1.807, 2.05) is 32.0 Å². The van der Waals surface area contributed by atoms with Crippen LogP contribution in [0.1, 0.15) is 27.0 Å². The number of hydrogen-bond donors (Lipinski definition) is 2. The molecule has 0 heterocycles. The Morgan fingerprint density at radius 3 is 2.32 bits per heavy atom. The third kappa shape index (κ3) is 5.57. The molecule has 2 N–H and O–H groups in total. The molecule has 0 aromatic heterocycles. The highest BCUT2D eigenvalue weighted by Crippen LogP contribution is 2.26. The van der Waals surface area contributed by atoms with E-state index in [9.17, 15) is 13.2 Å². The number of sulfonamides is 1. The van der Waals surface area contributed by atoms with Gasteiger partial charge in [0.05, 0.1) is 12.1 Å². The third-order valence-electron chi connectivity index (χ3n) is 4.85. The predicted octanol–water partition coefficient (Wildman–Crippen LogP) is 4.70. The molecule has 6 nitrogen and oxygen atoms in total. The average Bonchev–Trinajstić information content (AvgIpc) is 2.75. The van der Waals surface area contributed by atoms with Crippen LogP contribution in [0.5, 0.6) is 5.75 Å². The largest absolute Gasteiger partial charge is 0.497 e. The summed E-state index contributed by atoms with van der Waals surface area (Å²) in [6.45, 7) is 4.13. The molecular formula is C23H23ClN2O4S. The maximum atomic E-state index is 12.9. The van der Waals surface area contributed by atoms with E-state index in [0.717, 1.165) is 22.4 Å². The predicted molar refractivity (Wildman–Crippen MR) is 122 cm³/mol. The van der Waals surface area contributed by atoms with Gasteiger partial charge in [-0.3, -0.25) is 9.52 Å². The van der Waals surface area contributed by atoms with Crippen LogP contribution in [0.2, 0.25) is 5.02 Å². The summed E-state index contributed by atoms with van der Waals surface area (Å²) in [5.41, 5.74) is 3.51. The second-order valence-corrected chi connectivity index (χ2v) is 9.14. The van der Waals surface area contributed by atoms with E-state index in [-0.39, 0.29) is 22.0 Å². The van der Waals surface area contributed by atoms with Gasteiger partial charge in [-0.15, -0.1) is 0 Å². The van der Waals surface area contributed by atoms with Gasteiger partial charge in [-0.25, -0.2) is 8.42 Å². The molecular weight excluding hydrogens is 436 g/mol. The molecule has 3 rings (SSSR count). The lowest BCUT2D eigenvalue weighted by molar-refractivity contribution is 0.0950. The number of carbonyl (C=O) groups is 1. The summed E-state index contributed by atoms with van der Waals surface area (Å²) in [5.74, 6) is 0.314. The minimum atomic E-state index is -3.98. The third-order valence-corrected chi connectivity index (χ3v) is 6.72. The number of anilines is 1.